The summed E-state index contributed by atoms with van der Waals surface area (Å²) in [5, 5.41) is 12.6. The Morgan fingerprint density at radius 1 is 1.57 bits per heavy atom. The van der Waals surface area contributed by atoms with E-state index in [2.05, 4.69) is 5.32 Å². The van der Waals surface area contributed by atoms with Crippen molar-refractivity contribution in [3.05, 3.63) is 29.6 Å². The Kier molecular flexibility index (Phi) is 3.85. The van der Waals surface area contributed by atoms with Crippen molar-refractivity contribution in [1.29, 1.82) is 0 Å². The van der Waals surface area contributed by atoms with Crippen molar-refractivity contribution in [2.45, 2.75) is 12.5 Å². The number of nitrogens with two attached hydrogens (primary N) is 1. The fourth-order valence-corrected chi connectivity index (χ4v) is 1.22. The van der Waals surface area contributed by atoms with Gasteiger partial charge in [-0.05, 0) is 37.7 Å². The maximum Gasteiger partial charge on any atom is 0.146 e. The third kappa shape index (κ3) is 2.68. The molecule has 14 heavy (non-hydrogen) atoms. The highest BCUT2D eigenvalue weighted by molar-refractivity contribution is 5.43. The third-order valence-corrected chi connectivity index (χ3v) is 2.07. The molecule has 0 bridgehead atoms. The standard InChI is InChI=1S/C10H15FN2O/c1-13-5-4-10(14)7-2-3-8(11)9(12)6-7/h2-3,6,10,13-14H,4-5,12H2,1H3. The van der Waals surface area contributed by atoms with Crippen LogP contribution in [-0.2, 0) is 0 Å². The van der Waals surface area contributed by atoms with E-state index < -0.39 is 11.9 Å². The van der Waals surface area contributed by atoms with Gasteiger partial charge >= 0.3 is 0 Å². The van der Waals surface area contributed by atoms with E-state index >= 15 is 0 Å². The minimum atomic E-state index is -0.592. The molecular weight excluding hydrogens is 183 g/mol. The Labute approximate surface area is 82.7 Å². The number of nitrogen functional groups attached to an aromatic ring is 1. The van der Waals surface area contributed by atoms with E-state index in [0.29, 0.717) is 18.5 Å². The topological polar surface area (TPSA) is 58.3 Å². The summed E-state index contributed by atoms with van der Waals surface area (Å²) in [6.45, 7) is 0.707. The van der Waals surface area contributed by atoms with E-state index in [4.69, 9.17) is 5.73 Å². The van der Waals surface area contributed by atoms with Crippen LogP contribution >= 0.6 is 0 Å². The number of nitrogens with one attached hydrogen (secondary N) is 1. The van der Waals surface area contributed by atoms with E-state index in [1.165, 1.54) is 12.1 Å². The Hall–Kier alpha value is -1.13. The number of anilines is 1. The molecule has 0 aliphatic carbocycles. The lowest BCUT2D eigenvalue weighted by atomic mass is 10.1. The van der Waals surface area contributed by atoms with Gasteiger partial charge < -0.3 is 16.2 Å². The largest absolute Gasteiger partial charge is 0.396 e. The Balaban J connectivity index is 2.70. The third-order valence-electron chi connectivity index (χ3n) is 2.07. The van der Waals surface area contributed by atoms with E-state index in [1.54, 1.807) is 6.07 Å². The molecule has 0 aromatic heterocycles. The highest BCUT2D eigenvalue weighted by Crippen LogP contribution is 2.20. The first-order valence-corrected chi connectivity index (χ1v) is 4.52. The van der Waals surface area contributed by atoms with Gasteiger partial charge in [-0.2, -0.15) is 0 Å². The van der Waals surface area contributed by atoms with Crippen molar-refractivity contribution >= 4 is 5.69 Å². The Bertz CT molecular complexity index is 304. The van der Waals surface area contributed by atoms with Crippen LogP contribution in [-0.4, -0.2) is 18.7 Å². The molecule has 0 aliphatic rings. The summed E-state index contributed by atoms with van der Waals surface area (Å²) in [7, 11) is 1.81. The molecule has 1 rings (SSSR count). The second kappa shape index (κ2) is 4.93. The van der Waals surface area contributed by atoms with Crippen LogP contribution in [0.5, 0.6) is 0 Å². The predicted molar refractivity (Wildman–Crippen MR) is 54.3 cm³/mol. The lowest BCUT2D eigenvalue weighted by Crippen LogP contribution is -2.12. The smallest absolute Gasteiger partial charge is 0.146 e. The Morgan fingerprint density at radius 2 is 2.29 bits per heavy atom. The van der Waals surface area contributed by atoms with E-state index in [1.807, 2.05) is 7.05 Å². The highest BCUT2D eigenvalue weighted by atomic mass is 19.1. The lowest BCUT2D eigenvalue weighted by molar-refractivity contribution is 0.167. The summed E-state index contributed by atoms with van der Waals surface area (Å²) in [4.78, 5) is 0. The van der Waals surface area contributed by atoms with Gasteiger partial charge in [0.15, 0.2) is 0 Å². The lowest BCUT2D eigenvalue weighted by Gasteiger charge is -2.11. The molecule has 4 heteroatoms. The molecule has 4 N–H and O–H groups in total. The number of aliphatic hydroxyl groups excluding tert-OH is 1. The quantitative estimate of drug-likeness (QED) is 0.634. The van der Waals surface area contributed by atoms with Crippen molar-refractivity contribution in [2.75, 3.05) is 19.3 Å². The van der Waals surface area contributed by atoms with Crippen molar-refractivity contribution in [2.24, 2.45) is 0 Å². The number of hydrogen-bond acceptors (Lipinski definition) is 3. The van der Waals surface area contributed by atoms with E-state index in [9.17, 15) is 9.50 Å². The highest BCUT2D eigenvalue weighted by Gasteiger charge is 2.08. The van der Waals surface area contributed by atoms with Crippen molar-refractivity contribution < 1.29 is 9.50 Å². The molecule has 78 valence electrons. The zero-order chi connectivity index (χ0) is 10.6. The van der Waals surface area contributed by atoms with Gasteiger partial charge in [0.05, 0.1) is 11.8 Å². The minimum absolute atomic E-state index is 0.0750. The van der Waals surface area contributed by atoms with Crippen LogP contribution < -0.4 is 11.1 Å². The van der Waals surface area contributed by atoms with Gasteiger partial charge in [0, 0.05) is 0 Å². The molecule has 1 unspecified atom stereocenters. The predicted octanol–water partition coefficient (Wildman–Crippen LogP) is 1.05. The van der Waals surface area contributed by atoms with Crippen LogP contribution in [0.4, 0.5) is 10.1 Å². The number of benzene rings is 1. The van der Waals surface area contributed by atoms with Crippen molar-refractivity contribution in [3.8, 4) is 0 Å². The van der Waals surface area contributed by atoms with Crippen LogP contribution in [0.15, 0.2) is 18.2 Å². The van der Waals surface area contributed by atoms with Crippen LogP contribution in [0.2, 0.25) is 0 Å². The van der Waals surface area contributed by atoms with Gasteiger partial charge in [-0.3, -0.25) is 0 Å². The number of hydrogen-bond donors (Lipinski definition) is 3. The Morgan fingerprint density at radius 3 is 2.86 bits per heavy atom. The molecule has 0 saturated heterocycles. The van der Waals surface area contributed by atoms with Gasteiger partial charge in [0.2, 0.25) is 0 Å². The number of rotatable bonds is 4. The van der Waals surface area contributed by atoms with Gasteiger partial charge in [-0.1, -0.05) is 6.07 Å². The molecule has 0 saturated carbocycles. The number of halogens is 1. The molecule has 0 spiro atoms. The molecule has 1 aromatic carbocycles. The normalized spacial score (nSPS) is 12.8. The van der Waals surface area contributed by atoms with E-state index in [-0.39, 0.29) is 5.69 Å². The second-order valence-corrected chi connectivity index (χ2v) is 3.19. The summed E-state index contributed by atoms with van der Waals surface area (Å²) in [6, 6.07) is 4.29. The van der Waals surface area contributed by atoms with Crippen LogP contribution in [0.1, 0.15) is 18.1 Å². The average Bonchev–Trinajstić information content (AvgIpc) is 2.18. The maximum absolute atomic E-state index is 12.8. The van der Waals surface area contributed by atoms with Crippen LogP contribution in [0.25, 0.3) is 0 Å². The van der Waals surface area contributed by atoms with Crippen LogP contribution in [0.3, 0.4) is 0 Å². The van der Waals surface area contributed by atoms with Crippen LogP contribution in [0, 0.1) is 5.82 Å². The van der Waals surface area contributed by atoms with Gasteiger partial charge in [-0.15, -0.1) is 0 Å². The monoisotopic (exact) mass is 198 g/mol. The molecule has 0 radical (unpaired) electrons. The summed E-state index contributed by atoms with van der Waals surface area (Å²) in [6.07, 6.45) is -0.00738. The van der Waals surface area contributed by atoms with Gasteiger partial charge in [-0.25, -0.2) is 4.39 Å². The molecule has 0 amide bonds. The molecule has 0 heterocycles. The second-order valence-electron chi connectivity index (χ2n) is 3.19. The first-order chi connectivity index (χ1) is 6.65. The maximum atomic E-state index is 12.8. The molecule has 1 aromatic rings. The molecular formula is C10H15FN2O. The summed E-state index contributed by atoms with van der Waals surface area (Å²) in [5.74, 6) is -0.449. The fraction of sp³-hybridized carbons (Fsp3) is 0.400. The zero-order valence-electron chi connectivity index (χ0n) is 8.13. The average molecular weight is 198 g/mol. The summed E-state index contributed by atoms with van der Waals surface area (Å²) < 4.78 is 12.8. The SMILES string of the molecule is CNCCC(O)c1ccc(F)c(N)c1. The van der Waals surface area contributed by atoms with Crippen molar-refractivity contribution in [3.63, 3.8) is 0 Å². The molecule has 1 atom stereocenters. The summed E-state index contributed by atoms with van der Waals surface area (Å²) in [5.41, 5.74) is 6.11. The van der Waals surface area contributed by atoms with E-state index in [0.717, 1.165) is 0 Å². The van der Waals surface area contributed by atoms with Gasteiger partial charge in [0.25, 0.3) is 0 Å². The zero-order valence-corrected chi connectivity index (χ0v) is 8.13. The first kappa shape index (κ1) is 10.9. The fourth-order valence-electron chi connectivity index (χ4n) is 1.22. The summed E-state index contributed by atoms with van der Waals surface area (Å²) >= 11 is 0. The molecule has 0 fully saturated rings. The minimum Gasteiger partial charge on any atom is -0.396 e. The molecule has 3 nitrogen and oxygen atoms in total. The number of aliphatic hydroxyl groups is 1. The van der Waals surface area contributed by atoms with Crippen molar-refractivity contribution in [1.82, 2.24) is 5.32 Å². The molecule has 0 aliphatic heterocycles. The first-order valence-electron chi connectivity index (χ1n) is 4.52. The van der Waals surface area contributed by atoms with Gasteiger partial charge in [0.1, 0.15) is 5.82 Å².